The van der Waals surface area contributed by atoms with Crippen molar-refractivity contribution in [3.63, 3.8) is 0 Å². The van der Waals surface area contributed by atoms with Crippen LogP contribution in [0.3, 0.4) is 0 Å². The third kappa shape index (κ3) is 6.15. The van der Waals surface area contributed by atoms with Gasteiger partial charge < -0.3 is 18.9 Å². The molecule has 172 valence electrons. The SMILES string of the molecule is CN(C)CCN(C)[Si](c1ccccc1)(c1ccccc1[Si](C)(C)C)N(C)CCN(C)C. The third-order valence-corrected chi connectivity index (χ3v) is 13.4. The standard InChI is InChI=1S/C25H44N4Si2/c1-26(2)19-21-28(5)31(23-15-11-10-12-16-23,29(6)22-20-27(3)4)25-18-14-13-17-24(25)30(7,8)9/h10-18H,19-22H2,1-9H3. The van der Waals surface area contributed by atoms with Gasteiger partial charge in [0.1, 0.15) is 0 Å². The summed E-state index contributed by atoms with van der Waals surface area (Å²) < 4.78 is 5.41. The zero-order valence-corrected chi connectivity index (χ0v) is 23.3. The van der Waals surface area contributed by atoms with Gasteiger partial charge in [0, 0.05) is 26.2 Å². The summed E-state index contributed by atoms with van der Waals surface area (Å²) in [5, 5.41) is 4.64. The molecule has 0 amide bonds. The molecule has 2 aromatic rings. The molecule has 0 saturated carbocycles. The maximum absolute atomic E-state index is 2.71. The molecule has 0 aliphatic carbocycles. The highest BCUT2D eigenvalue weighted by atomic mass is 28.4. The molecule has 0 aliphatic heterocycles. The van der Waals surface area contributed by atoms with Crippen molar-refractivity contribution in [2.24, 2.45) is 0 Å². The first-order valence-corrected chi connectivity index (χ1v) is 16.8. The second kappa shape index (κ2) is 11.0. The maximum Gasteiger partial charge on any atom is 0.272 e. The van der Waals surface area contributed by atoms with Gasteiger partial charge >= 0.3 is 0 Å². The Morgan fingerprint density at radius 2 is 0.968 bits per heavy atom. The maximum atomic E-state index is 2.71. The lowest BCUT2D eigenvalue weighted by Gasteiger charge is -2.48. The van der Waals surface area contributed by atoms with Crippen LogP contribution in [0.1, 0.15) is 0 Å². The first-order chi connectivity index (χ1) is 14.5. The fourth-order valence-corrected chi connectivity index (χ4v) is 12.5. The molecular weight excluding hydrogens is 412 g/mol. The Hall–Kier alpha value is -1.29. The summed E-state index contributed by atoms with van der Waals surface area (Å²) in [4.78, 5) is 4.59. The van der Waals surface area contributed by atoms with Crippen LogP contribution in [0, 0.1) is 0 Å². The molecule has 0 fully saturated rings. The van der Waals surface area contributed by atoms with Crippen LogP contribution in [0.4, 0.5) is 0 Å². The van der Waals surface area contributed by atoms with Gasteiger partial charge in [0.2, 0.25) is 0 Å². The van der Waals surface area contributed by atoms with Crippen LogP contribution in [0.25, 0.3) is 0 Å². The average Bonchev–Trinajstić information content (AvgIpc) is 2.71. The fourth-order valence-electron chi connectivity index (χ4n) is 4.43. The summed E-state index contributed by atoms with van der Waals surface area (Å²) in [6, 6.07) is 20.6. The van der Waals surface area contributed by atoms with Gasteiger partial charge in [-0.1, -0.05) is 79.4 Å². The average molecular weight is 457 g/mol. The Morgan fingerprint density at radius 1 is 0.548 bits per heavy atom. The molecule has 0 unspecified atom stereocenters. The van der Waals surface area contributed by atoms with Gasteiger partial charge in [-0.25, -0.2) is 0 Å². The van der Waals surface area contributed by atoms with Crippen LogP contribution in [0.15, 0.2) is 54.6 Å². The molecule has 31 heavy (non-hydrogen) atoms. The van der Waals surface area contributed by atoms with Gasteiger partial charge in [-0.15, -0.1) is 0 Å². The van der Waals surface area contributed by atoms with Gasteiger partial charge in [0.05, 0.1) is 8.07 Å². The van der Waals surface area contributed by atoms with Crippen LogP contribution in [-0.2, 0) is 0 Å². The van der Waals surface area contributed by atoms with E-state index in [0.717, 1.165) is 26.2 Å². The quantitative estimate of drug-likeness (QED) is 0.478. The van der Waals surface area contributed by atoms with E-state index in [4.69, 9.17) is 0 Å². The molecule has 0 spiro atoms. The van der Waals surface area contributed by atoms with Crippen molar-refractivity contribution >= 4 is 32.0 Å². The molecule has 0 bridgehead atoms. The van der Waals surface area contributed by atoms with Crippen molar-refractivity contribution in [1.29, 1.82) is 0 Å². The monoisotopic (exact) mass is 456 g/mol. The first kappa shape index (κ1) is 26.0. The van der Waals surface area contributed by atoms with E-state index in [-0.39, 0.29) is 0 Å². The van der Waals surface area contributed by atoms with Crippen molar-refractivity contribution in [3.05, 3.63) is 54.6 Å². The fraction of sp³-hybridized carbons (Fsp3) is 0.520. The van der Waals surface area contributed by atoms with E-state index < -0.39 is 16.5 Å². The molecule has 0 aliphatic rings. The number of benzene rings is 2. The molecule has 0 aromatic heterocycles. The van der Waals surface area contributed by atoms with Crippen LogP contribution >= 0.6 is 0 Å². The lowest BCUT2D eigenvalue weighted by atomic mass is 10.4. The second-order valence-electron chi connectivity index (χ2n) is 10.3. The third-order valence-electron chi connectivity index (χ3n) is 6.16. The summed E-state index contributed by atoms with van der Waals surface area (Å²) in [5.74, 6) is 0. The predicted molar refractivity (Wildman–Crippen MR) is 143 cm³/mol. The minimum Gasteiger partial charge on any atom is -0.308 e. The van der Waals surface area contributed by atoms with E-state index in [1.807, 2.05) is 0 Å². The zero-order valence-electron chi connectivity index (χ0n) is 21.3. The minimum atomic E-state index is -2.39. The van der Waals surface area contributed by atoms with Crippen molar-refractivity contribution in [1.82, 2.24) is 18.9 Å². The summed E-state index contributed by atoms with van der Waals surface area (Å²) in [7, 11) is 9.47. The number of hydrogen-bond acceptors (Lipinski definition) is 4. The van der Waals surface area contributed by atoms with Crippen LogP contribution in [0.5, 0.6) is 0 Å². The number of rotatable bonds is 11. The molecule has 0 atom stereocenters. The van der Waals surface area contributed by atoms with Crippen molar-refractivity contribution < 1.29 is 0 Å². The summed E-state index contributed by atoms with van der Waals surface area (Å²) in [5.41, 5.74) is 0. The van der Waals surface area contributed by atoms with Gasteiger partial charge in [-0.05, 0) is 52.7 Å². The topological polar surface area (TPSA) is 13.0 Å². The van der Waals surface area contributed by atoms with Crippen LogP contribution < -0.4 is 15.6 Å². The smallest absolute Gasteiger partial charge is 0.272 e. The van der Waals surface area contributed by atoms with Crippen LogP contribution in [-0.4, -0.2) is 104 Å². The van der Waals surface area contributed by atoms with E-state index in [0.29, 0.717) is 0 Å². The molecule has 2 rings (SSSR count). The highest BCUT2D eigenvalue weighted by Crippen LogP contribution is 2.16. The van der Waals surface area contributed by atoms with Gasteiger partial charge in [0.15, 0.2) is 0 Å². The van der Waals surface area contributed by atoms with Crippen molar-refractivity contribution in [3.8, 4) is 0 Å². The molecule has 2 aromatic carbocycles. The molecule has 4 nitrogen and oxygen atoms in total. The van der Waals surface area contributed by atoms with Crippen molar-refractivity contribution in [2.75, 3.05) is 68.5 Å². The Kier molecular flexibility index (Phi) is 9.24. The highest BCUT2D eigenvalue weighted by Gasteiger charge is 2.48. The predicted octanol–water partition coefficient (Wildman–Crippen LogP) is 1.78. The van der Waals surface area contributed by atoms with E-state index in [1.54, 1.807) is 10.4 Å². The van der Waals surface area contributed by atoms with E-state index in [2.05, 4.69) is 135 Å². The van der Waals surface area contributed by atoms with Crippen molar-refractivity contribution in [2.45, 2.75) is 19.6 Å². The number of likely N-dealkylation sites (N-methyl/N-ethyl adjacent to an activating group) is 4. The van der Waals surface area contributed by atoms with Gasteiger partial charge in [-0.3, -0.25) is 0 Å². The Labute approximate surface area is 193 Å². The molecule has 0 heterocycles. The summed E-state index contributed by atoms with van der Waals surface area (Å²) in [6.45, 7) is 11.6. The van der Waals surface area contributed by atoms with Gasteiger partial charge in [0.25, 0.3) is 8.40 Å². The van der Waals surface area contributed by atoms with E-state index in [1.165, 1.54) is 5.19 Å². The van der Waals surface area contributed by atoms with Gasteiger partial charge in [-0.2, -0.15) is 0 Å². The Balaban J connectivity index is 2.80. The lowest BCUT2D eigenvalue weighted by Crippen LogP contribution is -2.81. The van der Waals surface area contributed by atoms with Crippen LogP contribution in [0.2, 0.25) is 19.6 Å². The highest BCUT2D eigenvalue weighted by molar-refractivity contribution is 7.03. The van der Waals surface area contributed by atoms with E-state index >= 15 is 0 Å². The first-order valence-electron chi connectivity index (χ1n) is 11.4. The minimum absolute atomic E-state index is 1.04. The summed E-state index contributed by atoms with van der Waals surface area (Å²) in [6.07, 6.45) is 0. The van der Waals surface area contributed by atoms with E-state index in [9.17, 15) is 0 Å². The zero-order chi connectivity index (χ0) is 23.2. The lowest BCUT2D eigenvalue weighted by molar-refractivity contribution is 0.319. The largest absolute Gasteiger partial charge is 0.308 e. The number of nitrogens with zero attached hydrogens (tertiary/aromatic N) is 4. The Bertz CT molecular complexity index is 785. The second-order valence-corrected chi connectivity index (χ2v) is 19.3. The normalized spacial score (nSPS) is 13.1. The summed E-state index contributed by atoms with van der Waals surface area (Å²) >= 11 is 0. The molecule has 0 saturated heterocycles. The molecule has 0 radical (unpaired) electrons. The molecule has 6 heteroatoms. The molecular formula is C25H44N4Si2. The molecule has 0 N–H and O–H groups in total. The Morgan fingerprint density at radius 3 is 1.39 bits per heavy atom. The number of hydrogen-bond donors (Lipinski definition) is 0.